The molecule has 0 radical (unpaired) electrons. The molecule has 0 unspecified atom stereocenters. The van der Waals surface area contributed by atoms with Crippen LogP contribution in [0.4, 0.5) is 5.13 Å². The van der Waals surface area contributed by atoms with E-state index in [0.717, 1.165) is 28.5 Å². The van der Waals surface area contributed by atoms with Crippen molar-refractivity contribution >= 4 is 22.7 Å². The summed E-state index contributed by atoms with van der Waals surface area (Å²) in [5.41, 5.74) is 7.57. The van der Waals surface area contributed by atoms with E-state index in [1.807, 2.05) is 29.8 Å². The van der Waals surface area contributed by atoms with Gasteiger partial charge in [-0.1, -0.05) is 54.6 Å². The molecule has 1 aliphatic heterocycles. The number of nitrogens with zero attached hydrogens (tertiary/aromatic N) is 3. The molecule has 26 heavy (non-hydrogen) atoms. The predicted molar refractivity (Wildman–Crippen MR) is 110 cm³/mol. The SMILES string of the molecule is C(=NNc1nc(-c2ccccc2)cs1)c1ccc(CN2CCCC2)cc1. The van der Waals surface area contributed by atoms with Gasteiger partial charge in [-0.2, -0.15) is 5.10 Å². The van der Waals surface area contributed by atoms with Crippen LogP contribution in [0.25, 0.3) is 11.3 Å². The molecule has 4 nitrogen and oxygen atoms in total. The summed E-state index contributed by atoms with van der Waals surface area (Å²) in [6, 6.07) is 18.8. The summed E-state index contributed by atoms with van der Waals surface area (Å²) in [4.78, 5) is 7.08. The number of hydrogen-bond acceptors (Lipinski definition) is 5. The van der Waals surface area contributed by atoms with Gasteiger partial charge in [0.2, 0.25) is 5.13 Å². The van der Waals surface area contributed by atoms with Gasteiger partial charge in [-0.05, 0) is 37.1 Å². The number of anilines is 1. The number of hydrogen-bond donors (Lipinski definition) is 1. The number of hydrazone groups is 1. The van der Waals surface area contributed by atoms with E-state index in [1.54, 1.807) is 11.3 Å². The Kier molecular flexibility index (Phi) is 5.38. The quantitative estimate of drug-likeness (QED) is 0.503. The van der Waals surface area contributed by atoms with E-state index in [0.29, 0.717) is 0 Å². The minimum atomic E-state index is 0.797. The number of rotatable bonds is 6. The second-order valence-corrected chi connectivity index (χ2v) is 7.36. The van der Waals surface area contributed by atoms with Gasteiger partial charge in [-0.15, -0.1) is 11.3 Å². The first kappa shape index (κ1) is 16.9. The average Bonchev–Trinajstić information content (AvgIpc) is 3.36. The summed E-state index contributed by atoms with van der Waals surface area (Å²) < 4.78 is 0. The molecular weight excluding hydrogens is 340 g/mol. The first-order valence-electron chi connectivity index (χ1n) is 8.98. The largest absolute Gasteiger partial charge is 0.299 e. The number of benzene rings is 2. The van der Waals surface area contributed by atoms with Crippen LogP contribution in [0.2, 0.25) is 0 Å². The smallest absolute Gasteiger partial charge is 0.203 e. The fourth-order valence-corrected chi connectivity index (χ4v) is 3.81. The number of nitrogens with one attached hydrogen (secondary N) is 1. The normalized spacial score (nSPS) is 14.9. The van der Waals surface area contributed by atoms with E-state index in [2.05, 4.69) is 56.8 Å². The zero-order valence-electron chi connectivity index (χ0n) is 14.6. The average molecular weight is 363 g/mol. The van der Waals surface area contributed by atoms with Gasteiger partial charge in [0.1, 0.15) is 0 Å². The van der Waals surface area contributed by atoms with Gasteiger partial charge in [0.25, 0.3) is 0 Å². The lowest BCUT2D eigenvalue weighted by atomic mass is 10.1. The van der Waals surface area contributed by atoms with E-state index in [9.17, 15) is 0 Å². The van der Waals surface area contributed by atoms with Crippen LogP contribution in [0.3, 0.4) is 0 Å². The Balaban J connectivity index is 1.33. The molecule has 0 saturated carbocycles. The summed E-state index contributed by atoms with van der Waals surface area (Å²) in [5, 5.41) is 7.15. The Bertz CT molecular complexity index is 849. The third kappa shape index (κ3) is 4.36. The zero-order chi connectivity index (χ0) is 17.6. The van der Waals surface area contributed by atoms with Gasteiger partial charge in [0.15, 0.2) is 0 Å². The van der Waals surface area contributed by atoms with Crippen LogP contribution in [0.5, 0.6) is 0 Å². The summed E-state index contributed by atoms with van der Waals surface area (Å²) in [6.45, 7) is 3.51. The van der Waals surface area contributed by atoms with Crippen LogP contribution in [-0.4, -0.2) is 29.2 Å². The molecule has 1 saturated heterocycles. The Morgan fingerprint density at radius 2 is 1.81 bits per heavy atom. The third-order valence-electron chi connectivity index (χ3n) is 4.53. The van der Waals surface area contributed by atoms with Crippen molar-refractivity contribution in [1.82, 2.24) is 9.88 Å². The van der Waals surface area contributed by atoms with Crippen LogP contribution in [0, 0.1) is 0 Å². The highest BCUT2D eigenvalue weighted by Crippen LogP contribution is 2.24. The molecular formula is C21H22N4S. The molecule has 3 aromatic rings. The van der Waals surface area contributed by atoms with Crippen molar-refractivity contribution in [2.45, 2.75) is 19.4 Å². The van der Waals surface area contributed by atoms with E-state index in [4.69, 9.17) is 0 Å². The molecule has 2 aromatic carbocycles. The maximum Gasteiger partial charge on any atom is 0.203 e. The highest BCUT2D eigenvalue weighted by molar-refractivity contribution is 7.14. The van der Waals surface area contributed by atoms with Gasteiger partial charge in [0, 0.05) is 17.5 Å². The zero-order valence-corrected chi connectivity index (χ0v) is 15.5. The summed E-state index contributed by atoms with van der Waals surface area (Å²) in [6.07, 6.45) is 4.50. The fraction of sp³-hybridized carbons (Fsp3) is 0.238. The molecule has 2 heterocycles. The van der Waals surface area contributed by atoms with Crippen LogP contribution < -0.4 is 5.43 Å². The Labute approximate surface area is 158 Å². The Morgan fingerprint density at radius 3 is 2.58 bits per heavy atom. The van der Waals surface area contributed by atoms with Crippen molar-refractivity contribution in [3.8, 4) is 11.3 Å². The van der Waals surface area contributed by atoms with Crippen molar-refractivity contribution in [2.75, 3.05) is 18.5 Å². The first-order valence-corrected chi connectivity index (χ1v) is 9.86. The number of thiazole rings is 1. The summed E-state index contributed by atoms with van der Waals surface area (Å²) in [5.74, 6) is 0. The monoisotopic (exact) mass is 362 g/mol. The maximum atomic E-state index is 4.57. The van der Waals surface area contributed by atoms with Crippen molar-refractivity contribution in [1.29, 1.82) is 0 Å². The van der Waals surface area contributed by atoms with Gasteiger partial charge in [-0.3, -0.25) is 10.3 Å². The van der Waals surface area contributed by atoms with Crippen molar-refractivity contribution in [2.24, 2.45) is 5.10 Å². The molecule has 5 heteroatoms. The van der Waals surface area contributed by atoms with Gasteiger partial charge in [0.05, 0.1) is 11.9 Å². The van der Waals surface area contributed by atoms with E-state index < -0.39 is 0 Å². The van der Waals surface area contributed by atoms with Crippen LogP contribution in [0.1, 0.15) is 24.0 Å². The van der Waals surface area contributed by atoms with E-state index in [1.165, 1.54) is 31.5 Å². The predicted octanol–water partition coefficient (Wildman–Crippen LogP) is 4.85. The number of aromatic nitrogens is 1. The van der Waals surface area contributed by atoms with Gasteiger partial charge >= 0.3 is 0 Å². The first-order chi connectivity index (χ1) is 12.9. The molecule has 4 rings (SSSR count). The van der Waals surface area contributed by atoms with E-state index in [-0.39, 0.29) is 0 Å². The van der Waals surface area contributed by atoms with Crippen LogP contribution in [0.15, 0.2) is 65.1 Å². The highest BCUT2D eigenvalue weighted by atomic mass is 32.1. The minimum Gasteiger partial charge on any atom is -0.299 e. The van der Waals surface area contributed by atoms with Crippen molar-refractivity contribution in [3.63, 3.8) is 0 Å². The Hall–Kier alpha value is -2.50. The molecule has 0 aliphatic carbocycles. The minimum absolute atomic E-state index is 0.797. The molecule has 1 fully saturated rings. The molecule has 1 aliphatic rings. The molecule has 1 N–H and O–H groups in total. The summed E-state index contributed by atoms with van der Waals surface area (Å²) in [7, 11) is 0. The van der Waals surface area contributed by atoms with Gasteiger partial charge < -0.3 is 0 Å². The molecule has 0 spiro atoms. The van der Waals surface area contributed by atoms with Crippen molar-refractivity contribution < 1.29 is 0 Å². The van der Waals surface area contributed by atoms with Crippen LogP contribution >= 0.6 is 11.3 Å². The number of likely N-dealkylation sites (tertiary alicyclic amines) is 1. The van der Waals surface area contributed by atoms with Crippen LogP contribution in [-0.2, 0) is 6.54 Å². The second-order valence-electron chi connectivity index (χ2n) is 6.50. The molecule has 0 atom stereocenters. The topological polar surface area (TPSA) is 40.5 Å². The van der Waals surface area contributed by atoms with E-state index >= 15 is 0 Å². The lowest BCUT2D eigenvalue weighted by Gasteiger charge is -2.14. The molecule has 132 valence electrons. The molecule has 0 amide bonds. The lowest BCUT2D eigenvalue weighted by molar-refractivity contribution is 0.331. The lowest BCUT2D eigenvalue weighted by Crippen LogP contribution is -2.18. The molecule has 1 aromatic heterocycles. The fourth-order valence-electron chi connectivity index (χ4n) is 3.14. The van der Waals surface area contributed by atoms with Gasteiger partial charge in [-0.25, -0.2) is 4.98 Å². The van der Waals surface area contributed by atoms with Crippen molar-refractivity contribution in [3.05, 3.63) is 71.1 Å². The third-order valence-corrected chi connectivity index (χ3v) is 5.28. The highest BCUT2D eigenvalue weighted by Gasteiger charge is 2.11. The summed E-state index contributed by atoms with van der Waals surface area (Å²) >= 11 is 1.56. The second kappa shape index (κ2) is 8.25. The Morgan fingerprint density at radius 1 is 1.04 bits per heavy atom. The maximum absolute atomic E-state index is 4.57. The standard InChI is InChI=1S/C21H22N4S/c1-2-6-19(7-3-1)20-16-26-21(23-20)24-22-14-17-8-10-18(11-9-17)15-25-12-4-5-13-25/h1-3,6-11,14,16H,4-5,12-13,15H2,(H,23,24). The molecule has 0 bridgehead atoms.